The van der Waals surface area contributed by atoms with Crippen LogP contribution < -0.4 is 0 Å². The van der Waals surface area contributed by atoms with Gasteiger partial charge >= 0.3 is 0 Å². The molecule has 0 aliphatic carbocycles. The topological polar surface area (TPSA) is 26.7 Å². The lowest BCUT2D eigenvalue weighted by atomic mass is 9.88. The summed E-state index contributed by atoms with van der Waals surface area (Å²) >= 11 is 0. The molecule has 2 heterocycles. The van der Waals surface area contributed by atoms with Crippen molar-refractivity contribution in [1.29, 1.82) is 0 Å². The molecule has 2 aromatic carbocycles. The standard InChI is InChI=1S/C25H30N2O/c1-19-7-3-4-9-23(19)25-24-18-27(17-22(24)16-26(25)2)15-21-12-10-20(11-13-21)8-5-6-14-28/h3-4,7,9-13,22,24-25,28H,6,14-18H2,1-2H3/t22-,24+,25-/m0/s1. The van der Waals surface area contributed by atoms with Gasteiger partial charge < -0.3 is 5.11 Å². The summed E-state index contributed by atoms with van der Waals surface area (Å²) in [4.78, 5) is 5.19. The molecule has 0 unspecified atom stereocenters. The molecule has 1 N–H and O–H groups in total. The van der Waals surface area contributed by atoms with Gasteiger partial charge in [0.25, 0.3) is 0 Å². The van der Waals surface area contributed by atoms with E-state index in [1.165, 1.54) is 36.3 Å². The van der Waals surface area contributed by atoms with Crippen LogP contribution in [-0.4, -0.2) is 48.2 Å². The lowest BCUT2D eigenvalue weighted by Crippen LogP contribution is -2.29. The number of hydrogen-bond acceptors (Lipinski definition) is 3. The van der Waals surface area contributed by atoms with E-state index in [1.807, 2.05) is 0 Å². The molecule has 4 rings (SSSR count). The average Bonchev–Trinajstić information content (AvgIpc) is 3.20. The minimum Gasteiger partial charge on any atom is -0.395 e. The van der Waals surface area contributed by atoms with Crippen molar-refractivity contribution >= 4 is 0 Å². The summed E-state index contributed by atoms with van der Waals surface area (Å²) in [5, 5.41) is 8.83. The second kappa shape index (κ2) is 8.49. The van der Waals surface area contributed by atoms with Crippen LogP contribution in [0.5, 0.6) is 0 Å². The molecule has 3 heteroatoms. The first-order valence-electron chi connectivity index (χ1n) is 10.3. The van der Waals surface area contributed by atoms with Crippen LogP contribution in [0.25, 0.3) is 0 Å². The SMILES string of the molecule is Cc1ccccc1[C@H]1[C@@H]2CN(Cc3ccc(C#CCCO)cc3)C[C@@H]2CN1C. The van der Waals surface area contributed by atoms with Crippen molar-refractivity contribution < 1.29 is 5.11 Å². The van der Waals surface area contributed by atoms with Gasteiger partial charge in [0.2, 0.25) is 0 Å². The molecule has 0 bridgehead atoms. The van der Waals surface area contributed by atoms with Crippen molar-refractivity contribution in [2.75, 3.05) is 33.3 Å². The largest absolute Gasteiger partial charge is 0.395 e. The van der Waals surface area contributed by atoms with Crippen molar-refractivity contribution in [2.45, 2.75) is 25.9 Å². The Morgan fingerprint density at radius 3 is 2.57 bits per heavy atom. The maximum atomic E-state index is 8.83. The van der Waals surface area contributed by atoms with E-state index in [0.717, 1.165) is 23.9 Å². The maximum Gasteiger partial charge on any atom is 0.0540 e. The highest BCUT2D eigenvalue weighted by Crippen LogP contribution is 2.45. The fourth-order valence-corrected chi connectivity index (χ4v) is 5.04. The first-order valence-corrected chi connectivity index (χ1v) is 10.3. The average molecular weight is 375 g/mol. The number of aliphatic hydroxyl groups excluding tert-OH is 1. The third-order valence-electron chi connectivity index (χ3n) is 6.31. The number of aryl methyl sites for hydroxylation is 1. The molecule has 0 saturated carbocycles. The second-order valence-electron chi connectivity index (χ2n) is 8.33. The van der Waals surface area contributed by atoms with Crippen molar-refractivity contribution in [3.8, 4) is 11.8 Å². The molecule has 2 saturated heterocycles. The van der Waals surface area contributed by atoms with Gasteiger partial charge in [0, 0.05) is 44.2 Å². The number of benzene rings is 2. The van der Waals surface area contributed by atoms with Gasteiger partial charge in [-0.15, -0.1) is 0 Å². The molecule has 0 spiro atoms. The Morgan fingerprint density at radius 1 is 1.04 bits per heavy atom. The highest BCUT2D eigenvalue weighted by Gasteiger charge is 2.46. The molecule has 0 amide bonds. The number of likely N-dealkylation sites (tertiary alicyclic amines) is 2. The predicted octanol–water partition coefficient (Wildman–Crippen LogP) is 3.46. The molecule has 0 radical (unpaired) electrons. The minimum absolute atomic E-state index is 0.126. The van der Waals surface area contributed by atoms with Crippen molar-refractivity contribution in [3.63, 3.8) is 0 Å². The summed E-state index contributed by atoms with van der Waals surface area (Å²) in [6.45, 7) is 6.94. The van der Waals surface area contributed by atoms with Crippen LogP contribution in [0, 0.1) is 30.6 Å². The van der Waals surface area contributed by atoms with Gasteiger partial charge in [-0.2, -0.15) is 0 Å². The zero-order valence-electron chi connectivity index (χ0n) is 16.9. The van der Waals surface area contributed by atoms with Crippen LogP contribution in [0.2, 0.25) is 0 Å². The Morgan fingerprint density at radius 2 is 1.82 bits per heavy atom. The van der Waals surface area contributed by atoms with Gasteiger partial charge in [-0.05, 0) is 54.6 Å². The Hall–Kier alpha value is -2.12. The van der Waals surface area contributed by atoms with E-state index < -0.39 is 0 Å². The highest BCUT2D eigenvalue weighted by molar-refractivity contribution is 5.36. The van der Waals surface area contributed by atoms with E-state index in [9.17, 15) is 0 Å². The quantitative estimate of drug-likeness (QED) is 0.831. The molecular formula is C25H30N2O. The van der Waals surface area contributed by atoms with E-state index in [2.05, 4.69) is 84.1 Å². The summed E-state index contributed by atoms with van der Waals surface area (Å²) in [5.74, 6) is 7.57. The molecule has 146 valence electrons. The third kappa shape index (κ3) is 4.00. The Kier molecular flexibility index (Phi) is 5.82. The number of nitrogens with zero attached hydrogens (tertiary/aromatic N) is 2. The molecule has 28 heavy (non-hydrogen) atoms. The molecule has 0 aromatic heterocycles. The van der Waals surface area contributed by atoms with Gasteiger partial charge in [-0.25, -0.2) is 0 Å². The van der Waals surface area contributed by atoms with Gasteiger partial charge in [-0.3, -0.25) is 9.80 Å². The van der Waals surface area contributed by atoms with Crippen LogP contribution in [0.15, 0.2) is 48.5 Å². The van der Waals surface area contributed by atoms with Crippen LogP contribution in [0.1, 0.15) is 34.7 Å². The highest BCUT2D eigenvalue weighted by atomic mass is 16.2. The summed E-state index contributed by atoms with van der Waals surface area (Å²) in [6.07, 6.45) is 0.537. The molecule has 2 aliphatic heterocycles. The lowest BCUT2D eigenvalue weighted by molar-refractivity contribution is 0.224. The zero-order chi connectivity index (χ0) is 19.5. The minimum atomic E-state index is 0.126. The van der Waals surface area contributed by atoms with E-state index in [-0.39, 0.29) is 6.61 Å². The van der Waals surface area contributed by atoms with Gasteiger partial charge in [0.05, 0.1) is 6.61 Å². The third-order valence-corrected chi connectivity index (χ3v) is 6.31. The summed E-state index contributed by atoms with van der Waals surface area (Å²) < 4.78 is 0. The Labute approximate surface area is 169 Å². The monoisotopic (exact) mass is 374 g/mol. The fourth-order valence-electron chi connectivity index (χ4n) is 5.04. The molecule has 3 nitrogen and oxygen atoms in total. The normalized spacial score (nSPS) is 24.8. The molecule has 3 atom stereocenters. The summed E-state index contributed by atoms with van der Waals surface area (Å²) in [7, 11) is 2.29. The van der Waals surface area contributed by atoms with Crippen LogP contribution in [-0.2, 0) is 6.54 Å². The smallest absolute Gasteiger partial charge is 0.0540 e. The van der Waals surface area contributed by atoms with Crippen molar-refractivity contribution in [1.82, 2.24) is 9.80 Å². The van der Waals surface area contributed by atoms with Gasteiger partial charge in [0.15, 0.2) is 0 Å². The molecule has 2 fully saturated rings. The van der Waals surface area contributed by atoms with Gasteiger partial charge in [0.1, 0.15) is 0 Å². The van der Waals surface area contributed by atoms with E-state index in [1.54, 1.807) is 0 Å². The lowest BCUT2D eigenvalue weighted by Gasteiger charge is -2.28. The Balaban J connectivity index is 1.42. The van der Waals surface area contributed by atoms with Crippen LogP contribution in [0.4, 0.5) is 0 Å². The summed E-state index contributed by atoms with van der Waals surface area (Å²) in [5.41, 5.74) is 5.30. The first-order chi connectivity index (χ1) is 13.7. The molecule has 2 aliphatic rings. The Bertz CT molecular complexity index is 864. The molecule has 2 aromatic rings. The van der Waals surface area contributed by atoms with Crippen LogP contribution >= 0.6 is 0 Å². The van der Waals surface area contributed by atoms with Crippen molar-refractivity contribution in [3.05, 3.63) is 70.8 Å². The number of fused-ring (bicyclic) bond motifs is 1. The zero-order valence-corrected chi connectivity index (χ0v) is 16.9. The predicted molar refractivity (Wildman–Crippen MR) is 114 cm³/mol. The number of aliphatic hydroxyl groups is 1. The van der Waals surface area contributed by atoms with E-state index >= 15 is 0 Å². The summed E-state index contributed by atoms with van der Waals surface area (Å²) in [6, 6.07) is 18.0. The maximum absolute atomic E-state index is 8.83. The van der Waals surface area contributed by atoms with E-state index in [0.29, 0.717) is 12.5 Å². The fraction of sp³-hybridized carbons (Fsp3) is 0.440. The van der Waals surface area contributed by atoms with E-state index in [4.69, 9.17) is 5.11 Å². The first kappa shape index (κ1) is 19.2. The van der Waals surface area contributed by atoms with Crippen molar-refractivity contribution in [2.24, 2.45) is 11.8 Å². The number of rotatable bonds is 4. The molecular weight excluding hydrogens is 344 g/mol. The van der Waals surface area contributed by atoms with Gasteiger partial charge in [-0.1, -0.05) is 48.2 Å². The second-order valence-corrected chi connectivity index (χ2v) is 8.33. The number of hydrogen-bond donors (Lipinski definition) is 1. The van der Waals surface area contributed by atoms with Crippen LogP contribution in [0.3, 0.4) is 0 Å².